The number of likely N-dealkylation sites (tertiary alicyclic amines) is 1. The van der Waals surface area contributed by atoms with Crippen molar-refractivity contribution < 1.29 is 32.7 Å². The first-order chi connectivity index (χ1) is 17.0. The average Bonchev–Trinajstić information content (AvgIpc) is 3.38. The number of benzene rings is 2. The van der Waals surface area contributed by atoms with Crippen molar-refractivity contribution in [1.82, 2.24) is 4.90 Å². The van der Waals surface area contributed by atoms with E-state index in [1.807, 2.05) is 6.07 Å². The van der Waals surface area contributed by atoms with Crippen molar-refractivity contribution in [1.29, 1.82) is 5.26 Å². The number of carbonyl (C=O) groups excluding carboxylic acids is 3. The maximum Gasteiger partial charge on any atom is 0.416 e. The zero-order valence-corrected chi connectivity index (χ0v) is 19.2. The van der Waals surface area contributed by atoms with Crippen LogP contribution in [0.4, 0.5) is 18.9 Å². The van der Waals surface area contributed by atoms with Crippen molar-refractivity contribution in [2.75, 3.05) is 18.0 Å². The second-order valence-electron chi connectivity index (χ2n) is 8.73. The standard InChI is InChI=1S/C26H22F3N3O4/c1-15-20(25(35)36)21(17-9-7-16(14-30)8-10-17)22(23(33)31-11-2-3-12-31)24(34)32(15)19-6-4-5-18(13-19)26(27,28)29/h4-10,13,21-22H,2-3,11-12H2,1H3,(H,35,36)/p-1. The molecular formula is C26H21F3N3O4-. The first kappa shape index (κ1) is 25.0. The summed E-state index contributed by atoms with van der Waals surface area (Å²) >= 11 is 0. The second kappa shape index (κ2) is 9.49. The summed E-state index contributed by atoms with van der Waals surface area (Å²) < 4.78 is 40.2. The number of rotatable bonds is 4. The Morgan fingerprint density at radius 1 is 1.08 bits per heavy atom. The number of carbonyl (C=O) groups is 3. The molecule has 2 atom stereocenters. The molecule has 0 aromatic heterocycles. The van der Waals surface area contributed by atoms with Crippen LogP contribution in [0.2, 0.25) is 0 Å². The highest BCUT2D eigenvalue weighted by Crippen LogP contribution is 2.44. The van der Waals surface area contributed by atoms with E-state index in [2.05, 4.69) is 0 Å². The van der Waals surface area contributed by atoms with Gasteiger partial charge in [-0.25, -0.2) is 0 Å². The summed E-state index contributed by atoms with van der Waals surface area (Å²) in [5, 5.41) is 21.5. The number of carboxylic acid groups (broad SMARTS) is 1. The lowest BCUT2D eigenvalue weighted by Gasteiger charge is -2.41. The van der Waals surface area contributed by atoms with Crippen LogP contribution < -0.4 is 10.0 Å². The Morgan fingerprint density at radius 2 is 1.72 bits per heavy atom. The zero-order valence-electron chi connectivity index (χ0n) is 19.2. The molecule has 2 aliphatic rings. The molecule has 0 saturated carbocycles. The fourth-order valence-corrected chi connectivity index (χ4v) is 4.88. The number of halogens is 3. The number of anilines is 1. The summed E-state index contributed by atoms with van der Waals surface area (Å²) in [5.74, 6) is -5.86. The molecule has 0 radical (unpaired) electrons. The number of nitriles is 1. The van der Waals surface area contributed by atoms with Crippen LogP contribution in [0.5, 0.6) is 0 Å². The predicted molar refractivity (Wildman–Crippen MR) is 120 cm³/mol. The molecule has 2 aromatic carbocycles. The van der Waals surface area contributed by atoms with Gasteiger partial charge in [-0.2, -0.15) is 18.4 Å². The number of nitrogens with zero attached hydrogens (tertiary/aromatic N) is 3. The number of carboxylic acids is 1. The van der Waals surface area contributed by atoms with Crippen LogP contribution in [-0.4, -0.2) is 35.8 Å². The number of allylic oxidation sites excluding steroid dienone is 1. The van der Waals surface area contributed by atoms with E-state index in [9.17, 15) is 32.7 Å². The minimum atomic E-state index is -4.69. The van der Waals surface area contributed by atoms with E-state index in [1.165, 1.54) is 42.2 Å². The number of aliphatic carboxylic acids is 1. The van der Waals surface area contributed by atoms with Crippen molar-refractivity contribution in [3.8, 4) is 6.07 Å². The molecule has 2 aromatic rings. The fraction of sp³-hybridized carbons (Fsp3) is 0.308. The van der Waals surface area contributed by atoms with E-state index in [4.69, 9.17) is 5.26 Å². The Morgan fingerprint density at radius 3 is 2.28 bits per heavy atom. The molecule has 2 aliphatic heterocycles. The van der Waals surface area contributed by atoms with Crippen LogP contribution in [0.25, 0.3) is 0 Å². The summed E-state index contributed by atoms with van der Waals surface area (Å²) in [6.07, 6.45) is -3.26. The summed E-state index contributed by atoms with van der Waals surface area (Å²) in [4.78, 5) is 42.2. The van der Waals surface area contributed by atoms with Gasteiger partial charge in [-0.15, -0.1) is 0 Å². The average molecular weight is 496 g/mol. The van der Waals surface area contributed by atoms with Gasteiger partial charge in [-0.3, -0.25) is 14.5 Å². The molecule has 0 N–H and O–H groups in total. The number of alkyl halides is 3. The van der Waals surface area contributed by atoms with Gasteiger partial charge in [-0.1, -0.05) is 18.2 Å². The predicted octanol–water partition coefficient (Wildman–Crippen LogP) is 2.97. The fourth-order valence-electron chi connectivity index (χ4n) is 4.88. The van der Waals surface area contributed by atoms with Crippen molar-refractivity contribution >= 4 is 23.5 Å². The minimum absolute atomic E-state index is 0.140. The molecular weight excluding hydrogens is 475 g/mol. The molecule has 36 heavy (non-hydrogen) atoms. The Labute approximate surface area is 205 Å². The molecule has 0 bridgehead atoms. The third-order valence-electron chi connectivity index (χ3n) is 6.59. The molecule has 0 spiro atoms. The third-order valence-corrected chi connectivity index (χ3v) is 6.59. The molecule has 1 saturated heterocycles. The second-order valence-corrected chi connectivity index (χ2v) is 8.73. The first-order valence-electron chi connectivity index (χ1n) is 11.3. The number of amides is 2. The van der Waals surface area contributed by atoms with Crippen LogP contribution in [0.3, 0.4) is 0 Å². The van der Waals surface area contributed by atoms with Gasteiger partial charge in [0.05, 0.1) is 23.2 Å². The number of hydrogen-bond donors (Lipinski definition) is 0. The molecule has 2 unspecified atom stereocenters. The zero-order chi connectivity index (χ0) is 26.2. The topological polar surface area (TPSA) is 105 Å². The van der Waals surface area contributed by atoms with Crippen LogP contribution in [0.15, 0.2) is 59.8 Å². The normalized spacial score (nSPS) is 20.5. The summed E-state index contributed by atoms with van der Waals surface area (Å²) in [5.41, 5.74) is -1.14. The smallest absolute Gasteiger partial charge is 0.416 e. The Hall–Kier alpha value is -4.13. The maximum atomic E-state index is 13.9. The minimum Gasteiger partial charge on any atom is -0.545 e. The van der Waals surface area contributed by atoms with E-state index in [1.54, 1.807) is 0 Å². The molecule has 186 valence electrons. The Balaban J connectivity index is 1.93. The Bertz CT molecular complexity index is 1290. The SMILES string of the molecule is CC1=C(C(=O)[O-])C(c2ccc(C#N)cc2)C(C(=O)N2CCCC2)C(=O)N1c1cccc(C(F)(F)F)c1. The molecule has 10 heteroatoms. The van der Waals surface area contributed by atoms with Crippen LogP contribution in [-0.2, 0) is 20.6 Å². The summed E-state index contributed by atoms with van der Waals surface area (Å²) in [7, 11) is 0. The van der Waals surface area contributed by atoms with Gasteiger partial charge in [0.1, 0.15) is 5.92 Å². The lowest BCUT2D eigenvalue weighted by Crippen LogP contribution is -2.52. The molecule has 2 amide bonds. The summed E-state index contributed by atoms with van der Waals surface area (Å²) in [6.45, 7) is 2.07. The highest BCUT2D eigenvalue weighted by molar-refractivity contribution is 6.14. The quantitative estimate of drug-likeness (QED) is 0.606. The van der Waals surface area contributed by atoms with Crippen LogP contribution in [0, 0.1) is 17.2 Å². The molecule has 7 nitrogen and oxygen atoms in total. The van der Waals surface area contributed by atoms with Crippen molar-refractivity contribution in [3.05, 3.63) is 76.5 Å². The van der Waals surface area contributed by atoms with Crippen LogP contribution >= 0.6 is 0 Å². The van der Waals surface area contributed by atoms with Gasteiger partial charge < -0.3 is 14.8 Å². The monoisotopic (exact) mass is 496 g/mol. The van der Waals surface area contributed by atoms with E-state index in [0.717, 1.165) is 23.1 Å². The first-order valence-corrected chi connectivity index (χ1v) is 11.3. The molecule has 1 fully saturated rings. The highest BCUT2D eigenvalue weighted by Gasteiger charge is 2.48. The lowest BCUT2D eigenvalue weighted by atomic mass is 9.75. The molecule has 4 rings (SSSR count). The van der Waals surface area contributed by atoms with Gasteiger partial charge in [0.15, 0.2) is 0 Å². The summed E-state index contributed by atoms with van der Waals surface area (Å²) in [6, 6.07) is 11.7. The van der Waals surface area contributed by atoms with Crippen molar-refractivity contribution in [2.24, 2.45) is 5.92 Å². The van der Waals surface area contributed by atoms with Crippen LogP contribution in [0.1, 0.15) is 42.4 Å². The lowest BCUT2D eigenvalue weighted by molar-refractivity contribution is -0.299. The molecule has 2 heterocycles. The largest absolute Gasteiger partial charge is 0.545 e. The van der Waals surface area contributed by atoms with Crippen molar-refractivity contribution in [2.45, 2.75) is 31.9 Å². The third kappa shape index (κ3) is 4.44. The van der Waals surface area contributed by atoms with Gasteiger partial charge in [-0.05, 0) is 55.7 Å². The van der Waals surface area contributed by atoms with Gasteiger partial charge in [0.2, 0.25) is 11.8 Å². The van der Waals surface area contributed by atoms with Gasteiger partial charge in [0, 0.05) is 36.0 Å². The van der Waals surface area contributed by atoms with Gasteiger partial charge in [0.25, 0.3) is 0 Å². The van der Waals surface area contributed by atoms with E-state index in [0.29, 0.717) is 37.1 Å². The van der Waals surface area contributed by atoms with E-state index >= 15 is 0 Å². The van der Waals surface area contributed by atoms with E-state index in [-0.39, 0.29) is 17.0 Å². The number of hydrogen-bond acceptors (Lipinski definition) is 5. The highest BCUT2D eigenvalue weighted by atomic mass is 19.4. The molecule has 0 aliphatic carbocycles. The Kier molecular flexibility index (Phi) is 6.59. The van der Waals surface area contributed by atoms with Gasteiger partial charge >= 0.3 is 6.18 Å². The maximum absolute atomic E-state index is 13.9. The van der Waals surface area contributed by atoms with Crippen molar-refractivity contribution in [3.63, 3.8) is 0 Å². The van der Waals surface area contributed by atoms with E-state index < -0.39 is 41.4 Å².